The number of benzene rings is 2. The second-order valence-corrected chi connectivity index (χ2v) is 7.68. The van der Waals surface area contributed by atoms with Crippen molar-refractivity contribution in [3.63, 3.8) is 0 Å². The van der Waals surface area contributed by atoms with Crippen LogP contribution in [-0.4, -0.2) is 15.0 Å². The van der Waals surface area contributed by atoms with Gasteiger partial charge in [-0.1, -0.05) is 42.5 Å². The van der Waals surface area contributed by atoms with Crippen LogP contribution in [0.2, 0.25) is 0 Å². The molecule has 1 N–H and O–H groups in total. The molecule has 5 heteroatoms. The normalized spacial score (nSPS) is 10.6. The first kappa shape index (κ1) is 20.4. The van der Waals surface area contributed by atoms with Gasteiger partial charge in [0.05, 0.1) is 0 Å². The van der Waals surface area contributed by atoms with E-state index in [0.717, 1.165) is 45.5 Å². The number of aryl methyl sites for hydroxylation is 1. The molecule has 0 unspecified atom stereocenters. The highest BCUT2D eigenvalue weighted by Crippen LogP contribution is 2.33. The van der Waals surface area contributed by atoms with Crippen LogP contribution in [0.5, 0.6) is 0 Å². The summed E-state index contributed by atoms with van der Waals surface area (Å²) in [5, 5.41) is 3.32. The van der Waals surface area contributed by atoms with Gasteiger partial charge in [0, 0.05) is 30.0 Å². The standard InChI is InChI=1S/C28H23N5/c1-21-8-17-28(31-20-21)33(27-7-3-5-19-30-27)25-15-11-23(12-16-25)22-9-13-24(14-10-22)32-26-6-2-4-18-29-26/h2-20H,1H3,(H,29,32). The molecule has 5 nitrogen and oxygen atoms in total. The highest BCUT2D eigenvalue weighted by atomic mass is 15.2. The van der Waals surface area contributed by atoms with Gasteiger partial charge in [0.15, 0.2) is 0 Å². The van der Waals surface area contributed by atoms with E-state index in [1.807, 2.05) is 55.6 Å². The van der Waals surface area contributed by atoms with E-state index in [-0.39, 0.29) is 0 Å². The highest BCUT2D eigenvalue weighted by molar-refractivity contribution is 5.75. The number of rotatable bonds is 6. The van der Waals surface area contributed by atoms with Crippen LogP contribution in [0.3, 0.4) is 0 Å². The maximum Gasteiger partial charge on any atom is 0.138 e. The molecule has 0 saturated carbocycles. The lowest BCUT2D eigenvalue weighted by Gasteiger charge is -2.23. The first-order valence-corrected chi connectivity index (χ1v) is 10.8. The van der Waals surface area contributed by atoms with Crippen molar-refractivity contribution >= 4 is 28.8 Å². The molecular formula is C28H23N5. The summed E-state index contributed by atoms with van der Waals surface area (Å²) in [6.07, 6.45) is 5.45. The smallest absolute Gasteiger partial charge is 0.138 e. The van der Waals surface area contributed by atoms with Crippen LogP contribution in [0.25, 0.3) is 11.1 Å². The fraction of sp³-hybridized carbons (Fsp3) is 0.0357. The topological polar surface area (TPSA) is 53.9 Å². The first-order chi connectivity index (χ1) is 16.3. The molecule has 0 fully saturated rings. The van der Waals surface area contributed by atoms with Crippen LogP contribution in [0, 0.1) is 6.92 Å². The average Bonchev–Trinajstić information content (AvgIpc) is 2.88. The second kappa shape index (κ2) is 9.32. The number of nitrogens with zero attached hydrogens (tertiary/aromatic N) is 4. The molecule has 2 aromatic carbocycles. The Morgan fingerprint density at radius 3 is 1.88 bits per heavy atom. The van der Waals surface area contributed by atoms with E-state index < -0.39 is 0 Å². The molecule has 0 aliphatic carbocycles. The zero-order valence-electron chi connectivity index (χ0n) is 18.3. The van der Waals surface area contributed by atoms with Gasteiger partial charge in [-0.2, -0.15) is 0 Å². The summed E-state index contributed by atoms with van der Waals surface area (Å²) in [6, 6.07) is 32.6. The van der Waals surface area contributed by atoms with Gasteiger partial charge in [0.1, 0.15) is 17.5 Å². The highest BCUT2D eigenvalue weighted by Gasteiger charge is 2.14. The Morgan fingerprint density at radius 1 is 0.606 bits per heavy atom. The summed E-state index contributed by atoms with van der Waals surface area (Å²) in [5.41, 5.74) is 5.41. The van der Waals surface area contributed by atoms with Crippen LogP contribution >= 0.6 is 0 Å². The molecule has 0 bridgehead atoms. The van der Waals surface area contributed by atoms with Gasteiger partial charge in [-0.05, 0) is 78.2 Å². The Labute approximate surface area is 193 Å². The van der Waals surface area contributed by atoms with E-state index in [1.165, 1.54) is 0 Å². The van der Waals surface area contributed by atoms with E-state index in [4.69, 9.17) is 0 Å². The predicted octanol–water partition coefficient (Wildman–Crippen LogP) is 7.06. The van der Waals surface area contributed by atoms with Crippen LogP contribution < -0.4 is 10.2 Å². The van der Waals surface area contributed by atoms with Crippen LogP contribution in [-0.2, 0) is 0 Å². The molecule has 0 atom stereocenters. The fourth-order valence-corrected chi connectivity index (χ4v) is 3.59. The maximum atomic E-state index is 4.63. The maximum absolute atomic E-state index is 4.63. The minimum atomic E-state index is 0.826. The zero-order valence-corrected chi connectivity index (χ0v) is 18.3. The Morgan fingerprint density at radius 2 is 1.27 bits per heavy atom. The summed E-state index contributed by atoms with van der Waals surface area (Å²) in [7, 11) is 0. The zero-order chi connectivity index (χ0) is 22.5. The van der Waals surface area contributed by atoms with E-state index in [0.29, 0.717) is 0 Å². The SMILES string of the molecule is Cc1ccc(N(c2ccc(-c3ccc(Nc4ccccn4)cc3)cc2)c2ccccn2)nc1. The number of anilines is 5. The van der Waals surface area contributed by atoms with Crippen molar-refractivity contribution in [3.8, 4) is 11.1 Å². The average molecular weight is 430 g/mol. The molecule has 0 amide bonds. The molecule has 160 valence electrons. The van der Waals surface area contributed by atoms with Gasteiger partial charge >= 0.3 is 0 Å². The summed E-state index contributed by atoms with van der Waals surface area (Å²) < 4.78 is 0. The number of hydrogen-bond acceptors (Lipinski definition) is 5. The van der Waals surface area contributed by atoms with Gasteiger partial charge in [-0.3, -0.25) is 4.90 Å². The minimum Gasteiger partial charge on any atom is -0.340 e. The van der Waals surface area contributed by atoms with E-state index in [1.54, 1.807) is 12.4 Å². The molecule has 0 spiro atoms. The summed E-state index contributed by atoms with van der Waals surface area (Å²) in [6.45, 7) is 2.04. The van der Waals surface area contributed by atoms with Crippen LogP contribution in [0.15, 0.2) is 116 Å². The van der Waals surface area contributed by atoms with Crippen molar-refractivity contribution in [2.75, 3.05) is 10.2 Å². The van der Waals surface area contributed by atoms with Crippen molar-refractivity contribution in [1.29, 1.82) is 0 Å². The third-order valence-electron chi connectivity index (χ3n) is 5.28. The van der Waals surface area contributed by atoms with Gasteiger partial charge in [0.2, 0.25) is 0 Å². The molecule has 5 aromatic rings. The quantitative estimate of drug-likeness (QED) is 0.313. The Hall–Kier alpha value is -4.51. The van der Waals surface area contributed by atoms with Gasteiger partial charge < -0.3 is 5.32 Å². The van der Waals surface area contributed by atoms with Crippen LogP contribution in [0.1, 0.15) is 5.56 Å². The predicted molar refractivity (Wildman–Crippen MR) is 134 cm³/mol. The molecule has 0 aliphatic rings. The molecule has 33 heavy (non-hydrogen) atoms. The van der Waals surface area contributed by atoms with Crippen LogP contribution in [0.4, 0.5) is 28.8 Å². The molecule has 0 radical (unpaired) electrons. The fourth-order valence-electron chi connectivity index (χ4n) is 3.59. The number of hydrogen-bond donors (Lipinski definition) is 1. The third kappa shape index (κ3) is 4.72. The first-order valence-electron chi connectivity index (χ1n) is 10.8. The van der Waals surface area contributed by atoms with Gasteiger partial charge in [-0.15, -0.1) is 0 Å². The molecule has 3 aromatic heterocycles. The van der Waals surface area contributed by atoms with Crippen molar-refractivity contribution in [2.45, 2.75) is 6.92 Å². The Kier molecular flexibility index (Phi) is 5.76. The van der Waals surface area contributed by atoms with E-state index >= 15 is 0 Å². The third-order valence-corrected chi connectivity index (χ3v) is 5.28. The molecule has 0 aliphatic heterocycles. The van der Waals surface area contributed by atoms with Crippen molar-refractivity contribution in [1.82, 2.24) is 15.0 Å². The lowest BCUT2D eigenvalue weighted by molar-refractivity contribution is 1.12. The van der Waals surface area contributed by atoms with Gasteiger partial charge in [-0.25, -0.2) is 15.0 Å². The number of pyridine rings is 3. The Bertz CT molecular complexity index is 1300. The Balaban J connectivity index is 1.41. The largest absolute Gasteiger partial charge is 0.340 e. The van der Waals surface area contributed by atoms with Crippen molar-refractivity contribution < 1.29 is 0 Å². The van der Waals surface area contributed by atoms with Crippen molar-refractivity contribution in [3.05, 3.63) is 121 Å². The van der Waals surface area contributed by atoms with Crippen molar-refractivity contribution in [2.24, 2.45) is 0 Å². The lowest BCUT2D eigenvalue weighted by Crippen LogP contribution is -2.12. The summed E-state index contributed by atoms with van der Waals surface area (Å²) >= 11 is 0. The lowest BCUT2D eigenvalue weighted by atomic mass is 10.0. The van der Waals surface area contributed by atoms with E-state index in [9.17, 15) is 0 Å². The van der Waals surface area contributed by atoms with Gasteiger partial charge in [0.25, 0.3) is 0 Å². The van der Waals surface area contributed by atoms with E-state index in [2.05, 4.69) is 79.8 Å². The molecule has 3 heterocycles. The monoisotopic (exact) mass is 429 g/mol. The number of aromatic nitrogens is 3. The summed E-state index contributed by atoms with van der Waals surface area (Å²) in [5.74, 6) is 2.48. The summed E-state index contributed by atoms with van der Waals surface area (Å²) in [4.78, 5) is 15.6. The molecule has 0 saturated heterocycles. The molecular weight excluding hydrogens is 406 g/mol. The minimum absolute atomic E-state index is 0.826. The molecule has 5 rings (SSSR count). The number of nitrogens with one attached hydrogen (secondary N) is 1. The second-order valence-electron chi connectivity index (χ2n) is 7.68.